The van der Waals surface area contributed by atoms with Crippen molar-refractivity contribution < 1.29 is 4.79 Å². The average molecular weight is 231 g/mol. The maximum absolute atomic E-state index is 11.7. The van der Waals surface area contributed by atoms with Gasteiger partial charge in [-0.25, -0.2) is 9.97 Å². The fourth-order valence-electron chi connectivity index (χ4n) is 1.32. The van der Waals surface area contributed by atoms with Gasteiger partial charge in [0, 0.05) is 13.2 Å². The number of nitrogens with one attached hydrogen (secondary N) is 3. The van der Waals surface area contributed by atoms with Crippen molar-refractivity contribution in [1.29, 1.82) is 0 Å². The Hall–Kier alpha value is -2.37. The molecule has 6 heteroatoms. The van der Waals surface area contributed by atoms with Gasteiger partial charge in [0.05, 0.1) is 30.5 Å². The summed E-state index contributed by atoms with van der Waals surface area (Å²) in [5, 5.41) is 5.69. The van der Waals surface area contributed by atoms with E-state index in [2.05, 4.69) is 25.6 Å². The molecule has 2 aromatic rings. The van der Waals surface area contributed by atoms with Crippen LogP contribution in [0.15, 0.2) is 30.9 Å². The van der Waals surface area contributed by atoms with Crippen LogP contribution in [0.3, 0.4) is 0 Å². The summed E-state index contributed by atoms with van der Waals surface area (Å²) in [6, 6.07) is 3.48. The number of nitrogens with zero attached hydrogens (tertiary/aromatic N) is 2. The number of imidazole rings is 1. The number of carbonyl (C=O) groups excluding carboxylic acids is 1. The Morgan fingerprint density at radius 3 is 2.88 bits per heavy atom. The van der Waals surface area contributed by atoms with E-state index in [1.807, 2.05) is 0 Å². The number of amides is 1. The lowest BCUT2D eigenvalue weighted by Gasteiger charge is -2.04. The fourth-order valence-corrected chi connectivity index (χ4v) is 1.32. The molecular weight excluding hydrogens is 218 g/mol. The van der Waals surface area contributed by atoms with Crippen LogP contribution in [0.25, 0.3) is 0 Å². The number of hydrogen-bond donors (Lipinski definition) is 3. The van der Waals surface area contributed by atoms with Gasteiger partial charge >= 0.3 is 0 Å². The van der Waals surface area contributed by atoms with Gasteiger partial charge in [0.2, 0.25) is 0 Å². The zero-order valence-electron chi connectivity index (χ0n) is 9.40. The number of anilines is 1. The molecule has 0 unspecified atom stereocenters. The van der Waals surface area contributed by atoms with Crippen molar-refractivity contribution in [3.05, 3.63) is 42.2 Å². The van der Waals surface area contributed by atoms with Crippen molar-refractivity contribution in [2.75, 3.05) is 12.4 Å². The summed E-state index contributed by atoms with van der Waals surface area (Å²) in [7, 11) is 1.80. The minimum absolute atomic E-state index is 0.206. The first kappa shape index (κ1) is 11.1. The van der Waals surface area contributed by atoms with Crippen molar-refractivity contribution in [2.45, 2.75) is 6.54 Å². The monoisotopic (exact) mass is 231 g/mol. The number of carbonyl (C=O) groups is 1. The van der Waals surface area contributed by atoms with E-state index in [1.54, 1.807) is 37.9 Å². The Bertz CT molecular complexity index is 477. The highest BCUT2D eigenvalue weighted by atomic mass is 16.1. The van der Waals surface area contributed by atoms with Crippen LogP contribution >= 0.6 is 0 Å². The highest BCUT2D eigenvalue weighted by molar-refractivity contribution is 5.92. The minimum Gasteiger partial charge on any atom is -0.387 e. The van der Waals surface area contributed by atoms with Gasteiger partial charge in [-0.05, 0) is 12.1 Å². The van der Waals surface area contributed by atoms with Crippen LogP contribution in [0.1, 0.15) is 16.2 Å². The van der Waals surface area contributed by atoms with Crippen LogP contribution in [0.2, 0.25) is 0 Å². The molecular formula is C11H13N5O. The SMILES string of the molecule is CNc1ccc(C(=O)NCc2cnc[nH]2)nc1. The van der Waals surface area contributed by atoms with Gasteiger partial charge in [-0.1, -0.05) is 0 Å². The summed E-state index contributed by atoms with van der Waals surface area (Å²) in [5.74, 6) is -0.206. The third-order valence-electron chi connectivity index (χ3n) is 2.28. The predicted molar refractivity (Wildman–Crippen MR) is 63.5 cm³/mol. The molecule has 0 aliphatic carbocycles. The number of H-pyrrole nitrogens is 1. The van der Waals surface area contributed by atoms with Crippen LogP contribution in [0.5, 0.6) is 0 Å². The zero-order valence-corrected chi connectivity index (χ0v) is 9.40. The number of aromatic amines is 1. The molecule has 2 heterocycles. The quantitative estimate of drug-likeness (QED) is 0.726. The number of aromatic nitrogens is 3. The third-order valence-corrected chi connectivity index (χ3v) is 2.28. The lowest BCUT2D eigenvalue weighted by Crippen LogP contribution is -2.23. The second-order valence-corrected chi connectivity index (χ2v) is 3.44. The number of hydrogen-bond acceptors (Lipinski definition) is 4. The van der Waals surface area contributed by atoms with Gasteiger partial charge in [0.15, 0.2) is 0 Å². The minimum atomic E-state index is -0.206. The third kappa shape index (κ3) is 2.81. The predicted octanol–water partition coefficient (Wildman–Crippen LogP) is 0.776. The molecule has 0 aliphatic heterocycles. The Labute approximate surface area is 98.5 Å². The van der Waals surface area contributed by atoms with E-state index < -0.39 is 0 Å². The molecule has 6 nitrogen and oxygen atoms in total. The van der Waals surface area contributed by atoms with Crippen molar-refractivity contribution in [2.24, 2.45) is 0 Å². The molecule has 0 bridgehead atoms. The molecule has 0 aromatic carbocycles. The van der Waals surface area contributed by atoms with E-state index in [0.717, 1.165) is 11.4 Å². The lowest BCUT2D eigenvalue weighted by molar-refractivity contribution is 0.0945. The lowest BCUT2D eigenvalue weighted by atomic mass is 10.3. The molecule has 2 rings (SSSR count). The summed E-state index contributed by atoms with van der Waals surface area (Å²) in [6.07, 6.45) is 4.85. The molecule has 0 saturated heterocycles. The Morgan fingerprint density at radius 2 is 2.29 bits per heavy atom. The molecule has 1 amide bonds. The second kappa shape index (κ2) is 5.11. The summed E-state index contributed by atoms with van der Waals surface area (Å²) >= 11 is 0. The van der Waals surface area contributed by atoms with Crippen LogP contribution in [-0.2, 0) is 6.54 Å². The summed E-state index contributed by atoms with van der Waals surface area (Å²) in [5.41, 5.74) is 2.11. The summed E-state index contributed by atoms with van der Waals surface area (Å²) in [4.78, 5) is 22.5. The smallest absolute Gasteiger partial charge is 0.270 e. The highest BCUT2D eigenvalue weighted by Gasteiger charge is 2.06. The Morgan fingerprint density at radius 1 is 1.41 bits per heavy atom. The second-order valence-electron chi connectivity index (χ2n) is 3.44. The summed E-state index contributed by atoms with van der Waals surface area (Å²) < 4.78 is 0. The first-order valence-corrected chi connectivity index (χ1v) is 5.19. The van der Waals surface area contributed by atoms with E-state index in [0.29, 0.717) is 12.2 Å². The van der Waals surface area contributed by atoms with Gasteiger partial charge in [-0.2, -0.15) is 0 Å². The standard InChI is InChI=1S/C11H13N5O/c1-12-8-2-3-10(14-5-8)11(17)15-6-9-4-13-7-16-9/h2-5,7,12H,6H2,1H3,(H,13,16)(H,15,17). The van der Waals surface area contributed by atoms with Crippen molar-refractivity contribution >= 4 is 11.6 Å². The van der Waals surface area contributed by atoms with Gasteiger partial charge in [0.1, 0.15) is 5.69 Å². The van der Waals surface area contributed by atoms with Crippen LogP contribution in [0.4, 0.5) is 5.69 Å². The maximum Gasteiger partial charge on any atom is 0.270 e. The Kier molecular flexibility index (Phi) is 3.34. The highest BCUT2D eigenvalue weighted by Crippen LogP contribution is 2.04. The van der Waals surface area contributed by atoms with Crippen molar-refractivity contribution in [3.8, 4) is 0 Å². The molecule has 88 valence electrons. The first-order valence-electron chi connectivity index (χ1n) is 5.19. The molecule has 0 saturated carbocycles. The molecule has 0 spiro atoms. The fraction of sp³-hybridized carbons (Fsp3) is 0.182. The van der Waals surface area contributed by atoms with Gasteiger partial charge in [-0.15, -0.1) is 0 Å². The molecule has 2 aromatic heterocycles. The molecule has 3 N–H and O–H groups in total. The van der Waals surface area contributed by atoms with Gasteiger partial charge < -0.3 is 15.6 Å². The van der Waals surface area contributed by atoms with Crippen molar-refractivity contribution in [3.63, 3.8) is 0 Å². The zero-order chi connectivity index (χ0) is 12.1. The van der Waals surface area contributed by atoms with E-state index in [4.69, 9.17) is 0 Å². The van der Waals surface area contributed by atoms with Crippen LogP contribution < -0.4 is 10.6 Å². The molecule has 17 heavy (non-hydrogen) atoms. The topological polar surface area (TPSA) is 82.7 Å². The maximum atomic E-state index is 11.7. The van der Waals surface area contributed by atoms with E-state index in [9.17, 15) is 4.79 Å². The van der Waals surface area contributed by atoms with Gasteiger partial charge in [-0.3, -0.25) is 4.79 Å². The number of rotatable bonds is 4. The van der Waals surface area contributed by atoms with Crippen LogP contribution in [0, 0.1) is 0 Å². The number of pyridine rings is 1. The van der Waals surface area contributed by atoms with E-state index in [-0.39, 0.29) is 5.91 Å². The summed E-state index contributed by atoms with van der Waals surface area (Å²) in [6.45, 7) is 0.411. The van der Waals surface area contributed by atoms with Gasteiger partial charge in [0.25, 0.3) is 5.91 Å². The molecule has 0 aliphatic rings. The largest absolute Gasteiger partial charge is 0.387 e. The van der Waals surface area contributed by atoms with Crippen LogP contribution in [-0.4, -0.2) is 27.9 Å². The molecule has 0 fully saturated rings. The molecule has 0 atom stereocenters. The first-order chi connectivity index (χ1) is 8.29. The van der Waals surface area contributed by atoms with E-state index in [1.165, 1.54) is 0 Å². The average Bonchev–Trinajstić information content (AvgIpc) is 2.89. The normalized spacial score (nSPS) is 9.94. The Balaban J connectivity index is 1.95. The van der Waals surface area contributed by atoms with Crippen molar-refractivity contribution in [1.82, 2.24) is 20.3 Å². The van der Waals surface area contributed by atoms with E-state index >= 15 is 0 Å². The molecule has 0 radical (unpaired) electrons.